The summed E-state index contributed by atoms with van der Waals surface area (Å²) in [6, 6.07) is 0. The van der Waals surface area contributed by atoms with Crippen LogP contribution in [0.2, 0.25) is 0 Å². The van der Waals surface area contributed by atoms with E-state index in [1.807, 2.05) is 24.6 Å². The summed E-state index contributed by atoms with van der Waals surface area (Å²) in [5.41, 5.74) is 1.94. The highest BCUT2D eigenvalue weighted by atomic mass is 16.1. The number of aromatic nitrogens is 2. The first-order valence-electron chi connectivity index (χ1n) is 3.91. The van der Waals surface area contributed by atoms with Crippen LogP contribution in [0.15, 0.2) is 12.4 Å². The van der Waals surface area contributed by atoms with E-state index < -0.39 is 0 Å². The molecule has 0 bridgehead atoms. The third-order valence-electron chi connectivity index (χ3n) is 1.64. The van der Waals surface area contributed by atoms with Crippen LogP contribution in [0.4, 0.5) is 0 Å². The van der Waals surface area contributed by atoms with Gasteiger partial charge in [-0.25, -0.2) is 4.98 Å². The van der Waals surface area contributed by atoms with Crippen LogP contribution >= 0.6 is 0 Å². The SMILES string of the molecule is CC(=O)C[n+]1cc(C)ncc1C. The summed E-state index contributed by atoms with van der Waals surface area (Å²) in [7, 11) is 0. The predicted molar refractivity (Wildman–Crippen MR) is 44.6 cm³/mol. The van der Waals surface area contributed by atoms with Gasteiger partial charge >= 0.3 is 0 Å². The Morgan fingerprint density at radius 2 is 2.25 bits per heavy atom. The first kappa shape index (κ1) is 8.84. The van der Waals surface area contributed by atoms with E-state index in [0.717, 1.165) is 11.4 Å². The predicted octanol–water partition coefficient (Wildman–Crippen LogP) is 0.575. The lowest BCUT2D eigenvalue weighted by Crippen LogP contribution is -2.40. The zero-order valence-corrected chi connectivity index (χ0v) is 7.66. The standard InChI is InChI=1S/C9H13N2O/c1-7-5-11(6-9(3)12)8(2)4-10-7/h4-5H,6H2,1-3H3/q+1. The largest absolute Gasteiger partial charge is 0.293 e. The van der Waals surface area contributed by atoms with E-state index in [1.165, 1.54) is 0 Å². The van der Waals surface area contributed by atoms with E-state index in [4.69, 9.17) is 0 Å². The molecule has 0 aliphatic rings. The Bertz CT molecular complexity index is 307. The van der Waals surface area contributed by atoms with Crippen LogP contribution in [0.1, 0.15) is 18.3 Å². The van der Waals surface area contributed by atoms with Gasteiger partial charge in [0.05, 0.1) is 6.20 Å². The van der Waals surface area contributed by atoms with E-state index in [1.54, 1.807) is 13.1 Å². The third-order valence-corrected chi connectivity index (χ3v) is 1.64. The summed E-state index contributed by atoms with van der Waals surface area (Å²) in [6.45, 7) is 5.88. The molecule has 3 heteroatoms. The summed E-state index contributed by atoms with van der Waals surface area (Å²) >= 11 is 0. The van der Waals surface area contributed by atoms with Crippen molar-refractivity contribution in [2.75, 3.05) is 0 Å². The third kappa shape index (κ3) is 2.12. The molecule has 0 fully saturated rings. The average Bonchev–Trinajstić information content (AvgIpc) is 1.96. The van der Waals surface area contributed by atoms with Crippen molar-refractivity contribution in [3.63, 3.8) is 0 Å². The molecule has 3 nitrogen and oxygen atoms in total. The van der Waals surface area contributed by atoms with Gasteiger partial charge < -0.3 is 0 Å². The first-order chi connectivity index (χ1) is 5.59. The summed E-state index contributed by atoms with van der Waals surface area (Å²) < 4.78 is 1.91. The molecule has 0 N–H and O–H groups in total. The van der Waals surface area contributed by atoms with Crippen molar-refractivity contribution < 1.29 is 9.36 Å². The zero-order chi connectivity index (χ0) is 9.14. The summed E-state index contributed by atoms with van der Waals surface area (Å²) in [4.78, 5) is 14.9. The minimum Gasteiger partial charge on any atom is -0.293 e. The Balaban J connectivity index is 2.97. The van der Waals surface area contributed by atoms with Gasteiger partial charge in [0.25, 0.3) is 0 Å². The van der Waals surface area contributed by atoms with Gasteiger partial charge in [0, 0.05) is 13.8 Å². The van der Waals surface area contributed by atoms with E-state index in [-0.39, 0.29) is 5.78 Å². The average molecular weight is 165 g/mol. The highest BCUT2D eigenvalue weighted by Crippen LogP contribution is 1.89. The lowest BCUT2D eigenvalue weighted by Gasteiger charge is -1.97. The molecule has 12 heavy (non-hydrogen) atoms. The molecule has 1 heterocycles. The number of aryl methyl sites for hydroxylation is 2. The van der Waals surface area contributed by atoms with Crippen molar-refractivity contribution in [3.05, 3.63) is 23.8 Å². The molecular weight excluding hydrogens is 152 g/mol. The van der Waals surface area contributed by atoms with Gasteiger partial charge in [-0.2, -0.15) is 4.57 Å². The molecule has 0 aliphatic carbocycles. The normalized spacial score (nSPS) is 9.92. The molecular formula is C9H13N2O+. The molecule has 1 rings (SSSR count). The molecule has 0 amide bonds. The number of carbonyl (C=O) groups excluding carboxylic acids is 1. The molecule has 1 aromatic heterocycles. The smallest absolute Gasteiger partial charge is 0.206 e. The lowest BCUT2D eigenvalue weighted by molar-refractivity contribution is -0.691. The van der Waals surface area contributed by atoms with Crippen molar-refractivity contribution in [1.29, 1.82) is 0 Å². The summed E-state index contributed by atoms with van der Waals surface area (Å²) in [5, 5.41) is 0. The molecule has 64 valence electrons. The van der Waals surface area contributed by atoms with E-state index >= 15 is 0 Å². The summed E-state index contributed by atoms with van der Waals surface area (Å²) in [5.74, 6) is 0.161. The second kappa shape index (κ2) is 3.43. The van der Waals surface area contributed by atoms with Gasteiger partial charge in [-0.3, -0.25) is 4.79 Å². The second-order valence-corrected chi connectivity index (χ2v) is 3.00. The molecule has 0 atom stereocenters. The number of rotatable bonds is 2. The molecule has 0 saturated carbocycles. The van der Waals surface area contributed by atoms with Crippen LogP contribution in [-0.2, 0) is 11.3 Å². The molecule has 0 radical (unpaired) electrons. The van der Waals surface area contributed by atoms with Gasteiger partial charge in [0.15, 0.2) is 17.7 Å². The topological polar surface area (TPSA) is 33.8 Å². The maximum absolute atomic E-state index is 10.8. The number of carbonyl (C=O) groups is 1. The summed E-state index contributed by atoms with van der Waals surface area (Å²) in [6.07, 6.45) is 3.66. The van der Waals surface area contributed by atoms with E-state index in [9.17, 15) is 4.79 Å². The maximum Gasteiger partial charge on any atom is 0.206 e. The van der Waals surface area contributed by atoms with Gasteiger partial charge in [-0.05, 0) is 6.92 Å². The van der Waals surface area contributed by atoms with Crippen molar-refractivity contribution >= 4 is 5.78 Å². The van der Waals surface area contributed by atoms with Crippen LogP contribution in [0.5, 0.6) is 0 Å². The van der Waals surface area contributed by atoms with Crippen LogP contribution < -0.4 is 4.57 Å². The number of hydrogen-bond donors (Lipinski definition) is 0. The number of ketones is 1. The van der Waals surface area contributed by atoms with Crippen molar-refractivity contribution in [2.45, 2.75) is 27.3 Å². The highest BCUT2D eigenvalue weighted by Gasteiger charge is 2.08. The molecule has 0 aromatic carbocycles. The Morgan fingerprint density at radius 3 is 2.83 bits per heavy atom. The van der Waals surface area contributed by atoms with Crippen LogP contribution in [0, 0.1) is 13.8 Å². The Morgan fingerprint density at radius 1 is 1.58 bits per heavy atom. The fourth-order valence-corrected chi connectivity index (χ4v) is 1.04. The van der Waals surface area contributed by atoms with Crippen molar-refractivity contribution in [1.82, 2.24) is 4.98 Å². The van der Waals surface area contributed by atoms with Gasteiger partial charge in [-0.15, -0.1) is 0 Å². The van der Waals surface area contributed by atoms with E-state index in [0.29, 0.717) is 6.54 Å². The fourth-order valence-electron chi connectivity index (χ4n) is 1.04. The zero-order valence-electron chi connectivity index (χ0n) is 7.66. The molecule has 0 unspecified atom stereocenters. The minimum atomic E-state index is 0.161. The quantitative estimate of drug-likeness (QED) is 0.600. The number of Topliss-reactive ketones (excluding diaryl/α,β-unsaturated/α-hetero) is 1. The molecule has 0 saturated heterocycles. The highest BCUT2D eigenvalue weighted by molar-refractivity contribution is 5.73. The molecule has 1 aromatic rings. The number of hydrogen-bond acceptors (Lipinski definition) is 2. The fraction of sp³-hybridized carbons (Fsp3) is 0.444. The van der Waals surface area contributed by atoms with Crippen LogP contribution in [-0.4, -0.2) is 10.8 Å². The monoisotopic (exact) mass is 165 g/mol. The maximum atomic E-state index is 10.8. The van der Waals surface area contributed by atoms with Crippen LogP contribution in [0.3, 0.4) is 0 Å². The van der Waals surface area contributed by atoms with Crippen molar-refractivity contribution in [3.8, 4) is 0 Å². The van der Waals surface area contributed by atoms with Gasteiger partial charge in [0.2, 0.25) is 6.54 Å². The number of nitrogens with zero attached hydrogens (tertiary/aromatic N) is 2. The van der Waals surface area contributed by atoms with Gasteiger partial charge in [-0.1, -0.05) is 0 Å². The Kier molecular flexibility index (Phi) is 2.53. The van der Waals surface area contributed by atoms with Crippen LogP contribution in [0.25, 0.3) is 0 Å². The first-order valence-corrected chi connectivity index (χ1v) is 3.91. The second-order valence-electron chi connectivity index (χ2n) is 3.00. The van der Waals surface area contributed by atoms with Crippen molar-refractivity contribution in [2.24, 2.45) is 0 Å². The van der Waals surface area contributed by atoms with Gasteiger partial charge in [0.1, 0.15) is 5.69 Å². The Hall–Kier alpha value is -1.25. The molecule has 0 spiro atoms. The molecule has 0 aliphatic heterocycles. The minimum absolute atomic E-state index is 0.161. The Labute approximate surface area is 72.1 Å². The van der Waals surface area contributed by atoms with E-state index in [2.05, 4.69) is 4.98 Å². The lowest BCUT2D eigenvalue weighted by atomic mass is 10.3.